The highest BCUT2D eigenvalue weighted by Crippen LogP contribution is 2.19. The van der Waals surface area contributed by atoms with Gasteiger partial charge in [0, 0.05) is 7.05 Å². The second kappa shape index (κ2) is 11.5. The van der Waals surface area contributed by atoms with Gasteiger partial charge in [-0.1, -0.05) is 17.7 Å². The van der Waals surface area contributed by atoms with Crippen LogP contribution in [0.3, 0.4) is 0 Å². The van der Waals surface area contributed by atoms with E-state index in [0.717, 1.165) is 35.8 Å². The fourth-order valence-corrected chi connectivity index (χ4v) is 4.35. The summed E-state index contributed by atoms with van der Waals surface area (Å²) in [7, 11) is -1.17. The van der Waals surface area contributed by atoms with Gasteiger partial charge in [0.15, 0.2) is 0 Å². The van der Waals surface area contributed by atoms with E-state index in [1.165, 1.54) is 26.3 Å². The number of aryl methyl sites for hydroxylation is 1. The van der Waals surface area contributed by atoms with Gasteiger partial charge < -0.3 is 15.4 Å². The molecule has 0 saturated carbocycles. The Hall–Kier alpha value is -1.68. The Morgan fingerprint density at radius 1 is 1.24 bits per heavy atom. The number of carbonyl (C=O) groups excluding carboxylic acids is 2. The van der Waals surface area contributed by atoms with Crippen LogP contribution in [-0.2, 0) is 24.3 Å². The Bertz CT molecular complexity index is 780. The summed E-state index contributed by atoms with van der Waals surface area (Å²) in [6.45, 7) is 3.24. The zero-order valence-corrected chi connectivity index (χ0v) is 18.6. The van der Waals surface area contributed by atoms with Crippen molar-refractivity contribution in [3.63, 3.8) is 0 Å². The van der Waals surface area contributed by atoms with Crippen molar-refractivity contribution in [2.75, 3.05) is 33.8 Å². The number of rotatable bonds is 8. The molecule has 29 heavy (non-hydrogen) atoms. The molecule has 1 aromatic rings. The van der Waals surface area contributed by atoms with Gasteiger partial charge in [0.1, 0.15) is 6.04 Å². The van der Waals surface area contributed by atoms with Crippen molar-refractivity contribution in [3.05, 3.63) is 29.8 Å². The Morgan fingerprint density at radius 2 is 1.83 bits per heavy atom. The zero-order chi connectivity index (χ0) is 20.7. The van der Waals surface area contributed by atoms with E-state index in [-0.39, 0.29) is 23.8 Å². The van der Waals surface area contributed by atoms with Crippen molar-refractivity contribution in [1.82, 2.24) is 14.9 Å². The van der Waals surface area contributed by atoms with E-state index in [1.54, 1.807) is 12.1 Å². The molecule has 0 radical (unpaired) electrons. The van der Waals surface area contributed by atoms with Crippen LogP contribution in [0, 0.1) is 12.8 Å². The van der Waals surface area contributed by atoms with Crippen molar-refractivity contribution in [3.8, 4) is 0 Å². The third kappa shape index (κ3) is 7.26. The topological polar surface area (TPSA) is 105 Å². The molecule has 1 aliphatic rings. The summed E-state index contributed by atoms with van der Waals surface area (Å²) in [6.07, 6.45) is 2.32. The Morgan fingerprint density at radius 3 is 2.38 bits per heavy atom. The van der Waals surface area contributed by atoms with E-state index < -0.39 is 27.9 Å². The lowest BCUT2D eigenvalue weighted by Crippen LogP contribution is -2.47. The first-order valence-electron chi connectivity index (χ1n) is 9.35. The highest BCUT2D eigenvalue weighted by Gasteiger charge is 2.28. The summed E-state index contributed by atoms with van der Waals surface area (Å²) in [5, 5.41) is 5.90. The number of methoxy groups -OCH3 is 1. The fourth-order valence-electron chi connectivity index (χ4n) is 3.22. The molecule has 1 aromatic carbocycles. The SMILES string of the molecule is COC(=O)[C@H](CC1CCNCC1)NC(=O)CN(C)S(=O)(=O)c1ccc(C)cc1.Cl. The minimum Gasteiger partial charge on any atom is -0.467 e. The number of halogens is 1. The largest absolute Gasteiger partial charge is 0.467 e. The van der Waals surface area contributed by atoms with Crippen LogP contribution in [-0.4, -0.2) is 64.4 Å². The molecular weight excluding hydrogens is 418 g/mol. The molecule has 0 aliphatic carbocycles. The van der Waals surface area contributed by atoms with Gasteiger partial charge in [-0.15, -0.1) is 12.4 Å². The summed E-state index contributed by atoms with van der Waals surface area (Å²) < 4.78 is 31.0. The van der Waals surface area contributed by atoms with Gasteiger partial charge in [0.25, 0.3) is 0 Å². The lowest BCUT2D eigenvalue weighted by Gasteiger charge is -2.27. The standard InChI is InChI=1S/C19H29N3O5S.ClH/c1-14-4-6-16(7-5-14)28(25,26)22(2)13-18(23)21-17(19(24)27-3)12-15-8-10-20-11-9-15;/h4-7,15,17,20H,8-13H2,1-3H3,(H,21,23);1H/t17-;/m0./s1. The molecule has 10 heteroatoms. The minimum atomic E-state index is -3.79. The van der Waals surface area contributed by atoms with Crippen molar-refractivity contribution < 1.29 is 22.7 Å². The summed E-state index contributed by atoms with van der Waals surface area (Å²) in [4.78, 5) is 24.6. The van der Waals surface area contributed by atoms with Gasteiger partial charge in [-0.3, -0.25) is 4.79 Å². The van der Waals surface area contributed by atoms with Gasteiger partial charge in [-0.2, -0.15) is 4.31 Å². The van der Waals surface area contributed by atoms with Gasteiger partial charge in [0.05, 0.1) is 18.6 Å². The molecule has 2 rings (SSSR count). The van der Waals surface area contributed by atoms with Crippen LogP contribution in [0.1, 0.15) is 24.8 Å². The number of sulfonamides is 1. The lowest BCUT2D eigenvalue weighted by molar-refractivity contribution is -0.145. The van der Waals surface area contributed by atoms with E-state index in [1.807, 2.05) is 6.92 Å². The van der Waals surface area contributed by atoms with E-state index in [4.69, 9.17) is 4.74 Å². The first-order chi connectivity index (χ1) is 13.2. The number of ether oxygens (including phenoxy) is 1. The highest BCUT2D eigenvalue weighted by molar-refractivity contribution is 7.89. The van der Waals surface area contributed by atoms with E-state index >= 15 is 0 Å². The monoisotopic (exact) mass is 447 g/mol. The number of likely N-dealkylation sites (N-methyl/N-ethyl adjacent to an activating group) is 1. The van der Waals surface area contributed by atoms with Crippen LogP contribution in [0.2, 0.25) is 0 Å². The summed E-state index contributed by atoms with van der Waals surface area (Å²) in [5.74, 6) is -0.752. The third-order valence-electron chi connectivity index (χ3n) is 4.94. The maximum Gasteiger partial charge on any atom is 0.328 e. The molecular formula is C19H30ClN3O5S. The van der Waals surface area contributed by atoms with Crippen LogP contribution in [0.15, 0.2) is 29.2 Å². The maximum atomic E-state index is 12.6. The third-order valence-corrected chi connectivity index (χ3v) is 6.76. The molecule has 1 fully saturated rings. The number of piperidine rings is 1. The Kier molecular flexibility index (Phi) is 10.0. The van der Waals surface area contributed by atoms with Crippen LogP contribution in [0.4, 0.5) is 0 Å². The normalized spacial score (nSPS) is 16.0. The molecule has 0 aromatic heterocycles. The van der Waals surface area contributed by atoms with Gasteiger partial charge in [-0.25, -0.2) is 13.2 Å². The Labute approximate surface area is 178 Å². The predicted octanol–water partition coefficient (Wildman–Crippen LogP) is 1.08. The molecule has 1 heterocycles. The number of nitrogens with one attached hydrogen (secondary N) is 2. The van der Waals surface area contributed by atoms with Crippen LogP contribution in [0.25, 0.3) is 0 Å². The quantitative estimate of drug-likeness (QED) is 0.578. The first kappa shape index (κ1) is 25.4. The van der Waals surface area contributed by atoms with Crippen molar-refractivity contribution in [1.29, 1.82) is 0 Å². The molecule has 1 atom stereocenters. The molecule has 0 bridgehead atoms. The average molecular weight is 448 g/mol. The summed E-state index contributed by atoms with van der Waals surface area (Å²) in [6, 6.07) is 5.64. The number of benzene rings is 1. The fraction of sp³-hybridized carbons (Fsp3) is 0.579. The number of nitrogens with zero attached hydrogens (tertiary/aromatic N) is 1. The summed E-state index contributed by atoms with van der Waals surface area (Å²) in [5.41, 5.74) is 0.943. The van der Waals surface area contributed by atoms with Crippen molar-refractivity contribution in [2.24, 2.45) is 5.92 Å². The lowest BCUT2D eigenvalue weighted by atomic mass is 9.91. The second-order valence-electron chi connectivity index (χ2n) is 7.15. The van der Waals surface area contributed by atoms with Gasteiger partial charge in [-0.05, 0) is 57.3 Å². The first-order valence-corrected chi connectivity index (χ1v) is 10.8. The molecule has 1 saturated heterocycles. The molecule has 1 aliphatic heterocycles. The number of amides is 1. The molecule has 2 N–H and O–H groups in total. The maximum absolute atomic E-state index is 12.6. The van der Waals surface area contributed by atoms with Crippen LogP contribution in [0.5, 0.6) is 0 Å². The molecule has 164 valence electrons. The predicted molar refractivity (Wildman–Crippen MR) is 112 cm³/mol. The second-order valence-corrected chi connectivity index (χ2v) is 9.19. The van der Waals surface area contributed by atoms with E-state index in [2.05, 4.69) is 10.6 Å². The van der Waals surface area contributed by atoms with Gasteiger partial charge >= 0.3 is 5.97 Å². The van der Waals surface area contributed by atoms with Crippen molar-refractivity contribution >= 4 is 34.3 Å². The number of esters is 1. The zero-order valence-electron chi connectivity index (χ0n) is 17.0. The van der Waals surface area contributed by atoms with Crippen molar-refractivity contribution in [2.45, 2.75) is 37.1 Å². The smallest absolute Gasteiger partial charge is 0.328 e. The molecule has 8 nitrogen and oxygen atoms in total. The minimum absolute atomic E-state index is 0. The van der Waals surface area contributed by atoms with Crippen LogP contribution >= 0.6 is 12.4 Å². The van der Waals surface area contributed by atoms with Crippen LogP contribution < -0.4 is 10.6 Å². The number of hydrogen-bond acceptors (Lipinski definition) is 6. The number of carbonyl (C=O) groups is 2. The summed E-state index contributed by atoms with van der Waals surface area (Å²) >= 11 is 0. The van der Waals surface area contributed by atoms with E-state index in [9.17, 15) is 18.0 Å². The van der Waals surface area contributed by atoms with E-state index in [0.29, 0.717) is 12.3 Å². The molecule has 1 amide bonds. The highest BCUT2D eigenvalue weighted by atomic mass is 35.5. The average Bonchev–Trinajstić information content (AvgIpc) is 2.67. The van der Waals surface area contributed by atoms with Gasteiger partial charge in [0.2, 0.25) is 15.9 Å². The molecule has 0 unspecified atom stereocenters. The number of hydrogen-bond donors (Lipinski definition) is 2. The Balaban J connectivity index is 0.00000420. The molecule has 0 spiro atoms.